The third-order valence-electron chi connectivity index (χ3n) is 4.45. The normalized spacial score (nSPS) is 18.3. The molecule has 1 aromatic heterocycles. The van der Waals surface area contributed by atoms with Crippen LogP contribution in [0.3, 0.4) is 0 Å². The second-order valence-corrected chi connectivity index (χ2v) is 8.38. The minimum Gasteiger partial charge on any atom is -0.344 e. The molecule has 3 rings (SSSR count). The number of pyridine rings is 1. The van der Waals surface area contributed by atoms with Gasteiger partial charge in [0.2, 0.25) is 11.8 Å². The summed E-state index contributed by atoms with van der Waals surface area (Å²) in [5, 5.41) is 2.51. The molecule has 0 bridgehead atoms. The zero-order valence-electron chi connectivity index (χ0n) is 16.6. The van der Waals surface area contributed by atoms with E-state index in [0.29, 0.717) is 23.1 Å². The van der Waals surface area contributed by atoms with Crippen molar-refractivity contribution in [3.8, 4) is 0 Å². The molecule has 0 fully saturated rings. The number of nitrogens with one attached hydrogen (secondary N) is 1. The lowest BCUT2D eigenvalue weighted by molar-refractivity contribution is -0.128. The van der Waals surface area contributed by atoms with Crippen LogP contribution in [-0.2, 0) is 9.59 Å². The van der Waals surface area contributed by atoms with E-state index in [1.807, 2.05) is 38.2 Å². The SMILES string of the molecule is CCCN(C)C(=O)C1SC(c2ccnc(NC(C)=O)c2)N=C1c1ccccc1Cl. The van der Waals surface area contributed by atoms with Crippen molar-refractivity contribution in [2.45, 2.75) is 30.9 Å². The highest BCUT2D eigenvalue weighted by Crippen LogP contribution is 2.43. The van der Waals surface area contributed by atoms with Gasteiger partial charge in [0.25, 0.3) is 0 Å². The zero-order valence-corrected chi connectivity index (χ0v) is 18.1. The van der Waals surface area contributed by atoms with Crippen LogP contribution in [0.2, 0.25) is 5.02 Å². The first kappa shape index (κ1) is 21.3. The van der Waals surface area contributed by atoms with Crippen molar-refractivity contribution in [1.29, 1.82) is 0 Å². The van der Waals surface area contributed by atoms with Gasteiger partial charge in [0.1, 0.15) is 16.4 Å². The summed E-state index contributed by atoms with van der Waals surface area (Å²) in [4.78, 5) is 35.2. The van der Waals surface area contributed by atoms with Gasteiger partial charge in [0.15, 0.2) is 0 Å². The van der Waals surface area contributed by atoms with Gasteiger partial charge < -0.3 is 10.2 Å². The van der Waals surface area contributed by atoms with Crippen LogP contribution in [-0.4, -0.2) is 46.3 Å². The summed E-state index contributed by atoms with van der Waals surface area (Å²) in [6.07, 6.45) is 2.51. The molecule has 1 aromatic carbocycles. The van der Waals surface area contributed by atoms with E-state index in [9.17, 15) is 9.59 Å². The Morgan fingerprint density at radius 3 is 2.72 bits per heavy atom. The molecule has 0 saturated heterocycles. The maximum atomic E-state index is 13.1. The number of amides is 2. The number of thioether (sulfide) groups is 1. The van der Waals surface area contributed by atoms with E-state index in [1.54, 1.807) is 23.2 Å². The van der Waals surface area contributed by atoms with Gasteiger partial charge >= 0.3 is 0 Å². The van der Waals surface area contributed by atoms with Crippen LogP contribution in [0.1, 0.15) is 36.8 Å². The standard InChI is InChI=1S/C21H23ClN4O2S/c1-4-11-26(3)21(28)19-18(15-7-5-6-8-16(15)22)25-20(29-19)14-9-10-23-17(12-14)24-13(2)27/h5-10,12,19-20H,4,11H2,1-3H3,(H,23,24,27). The maximum Gasteiger partial charge on any atom is 0.241 e. The molecule has 1 N–H and O–H groups in total. The summed E-state index contributed by atoms with van der Waals surface area (Å²) in [6.45, 7) is 4.15. The van der Waals surface area contributed by atoms with Gasteiger partial charge in [-0.1, -0.05) is 36.7 Å². The lowest BCUT2D eigenvalue weighted by Gasteiger charge is -2.21. The number of aliphatic imine (C=N–C) groups is 1. The Morgan fingerprint density at radius 1 is 1.28 bits per heavy atom. The van der Waals surface area contributed by atoms with Crippen molar-refractivity contribution in [2.24, 2.45) is 4.99 Å². The molecule has 8 heteroatoms. The Bertz CT molecular complexity index is 950. The molecule has 2 amide bonds. The van der Waals surface area contributed by atoms with Crippen molar-refractivity contribution >= 4 is 46.7 Å². The minimum absolute atomic E-state index is 0.00848. The molecular formula is C21H23ClN4O2S. The molecule has 0 radical (unpaired) electrons. The molecule has 2 unspecified atom stereocenters. The molecule has 29 heavy (non-hydrogen) atoms. The molecule has 0 spiro atoms. The molecule has 2 heterocycles. The molecule has 2 aromatic rings. The highest BCUT2D eigenvalue weighted by Gasteiger charge is 2.38. The van der Waals surface area contributed by atoms with E-state index in [1.165, 1.54) is 18.7 Å². The van der Waals surface area contributed by atoms with E-state index in [4.69, 9.17) is 16.6 Å². The van der Waals surface area contributed by atoms with Crippen molar-refractivity contribution in [3.05, 3.63) is 58.7 Å². The van der Waals surface area contributed by atoms with Gasteiger partial charge in [-0.05, 0) is 30.2 Å². The highest BCUT2D eigenvalue weighted by atomic mass is 35.5. The number of hydrogen-bond donors (Lipinski definition) is 1. The first-order chi connectivity index (χ1) is 13.9. The summed E-state index contributed by atoms with van der Waals surface area (Å²) < 4.78 is 0. The van der Waals surface area contributed by atoms with Crippen molar-refractivity contribution in [3.63, 3.8) is 0 Å². The third kappa shape index (κ3) is 4.97. The summed E-state index contributed by atoms with van der Waals surface area (Å²) in [5.41, 5.74) is 2.31. The molecular weight excluding hydrogens is 408 g/mol. The average molecular weight is 431 g/mol. The monoisotopic (exact) mass is 430 g/mol. The molecule has 1 aliphatic rings. The lowest BCUT2D eigenvalue weighted by atomic mass is 10.1. The molecule has 1 aliphatic heterocycles. The van der Waals surface area contributed by atoms with E-state index < -0.39 is 5.25 Å². The summed E-state index contributed by atoms with van der Waals surface area (Å²) in [6, 6.07) is 11.1. The van der Waals surface area contributed by atoms with Gasteiger partial charge in [-0.15, -0.1) is 11.8 Å². The molecule has 0 aliphatic carbocycles. The smallest absolute Gasteiger partial charge is 0.241 e. The van der Waals surface area contributed by atoms with E-state index in [0.717, 1.165) is 17.5 Å². The van der Waals surface area contributed by atoms with Crippen molar-refractivity contribution in [1.82, 2.24) is 9.88 Å². The fraction of sp³-hybridized carbons (Fsp3) is 0.333. The van der Waals surface area contributed by atoms with Gasteiger partial charge in [0.05, 0.1) is 5.71 Å². The minimum atomic E-state index is -0.450. The molecule has 2 atom stereocenters. The second-order valence-electron chi connectivity index (χ2n) is 6.78. The fourth-order valence-corrected chi connectivity index (χ4v) is 4.70. The van der Waals surface area contributed by atoms with Gasteiger partial charge in [0, 0.05) is 37.3 Å². The fourth-order valence-electron chi connectivity index (χ4n) is 3.12. The number of halogens is 1. The first-order valence-corrected chi connectivity index (χ1v) is 10.7. The quantitative estimate of drug-likeness (QED) is 0.746. The van der Waals surface area contributed by atoms with E-state index in [-0.39, 0.29) is 17.2 Å². The summed E-state index contributed by atoms with van der Waals surface area (Å²) >= 11 is 7.89. The number of carbonyl (C=O) groups excluding carboxylic acids is 2. The first-order valence-electron chi connectivity index (χ1n) is 9.37. The van der Waals surface area contributed by atoms with Crippen LogP contribution >= 0.6 is 23.4 Å². The topological polar surface area (TPSA) is 74.7 Å². The molecule has 6 nitrogen and oxygen atoms in total. The van der Waals surface area contributed by atoms with Crippen LogP contribution in [0.4, 0.5) is 5.82 Å². The largest absolute Gasteiger partial charge is 0.344 e. The highest BCUT2D eigenvalue weighted by molar-refractivity contribution is 8.02. The van der Waals surface area contributed by atoms with Crippen molar-refractivity contribution < 1.29 is 9.59 Å². The maximum absolute atomic E-state index is 13.1. The number of benzene rings is 1. The van der Waals surface area contributed by atoms with Crippen molar-refractivity contribution in [2.75, 3.05) is 18.9 Å². The number of rotatable bonds is 6. The van der Waals surface area contributed by atoms with Crippen LogP contribution < -0.4 is 5.32 Å². The van der Waals surface area contributed by atoms with E-state index >= 15 is 0 Å². The predicted octanol–water partition coefficient (Wildman–Crippen LogP) is 4.17. The summed E-state index contributed by atoms with van der Waals surface area (Å²) in [7, 11) is 1.81. The Morgan fingerprint density at radius 2 is 2.03 bits per heavy atom. The van der Waals surface area contributed by atoms with Crippen LogP contribution in [0, 0.1) is 0 Å². The van der Waals surface area contributed by atoms with Gasteiger partial charge in [-0.2, -0.15) is 0 Å². The molecule has 152 valence electrons. The Hall–Kier alpha value is -2.38. The Kier molecular flexibility index (Phi) is 6.92. The lowest BCUT2D eigenvalue weighted by Crippen LogP contribution is -2.38. The molecule has 0 saturated carbocycles. The van der Waals surface area contributed by atoms with Gasteiger partial charge in [-0.25, -0.2) is 4.98 Å². The zero-order chi connectivity index (χ0) is 21.0. The number of nitrogens with zero attached hydrogens (tertiary/aromatic N) is 3. The number of aromatic nitrogens is 1. The summed E-state index contributed by atoms with van der Waals surface area (Å²) in [5.74, 6) is 0.278. The van der Waals surface area contributed by atoms with Crippen LogP contribution in [0.25, 0.3) is 0 Å². The number of hydrogen-bond acceptors (Lipinski definition) is 5. The van der Waals surface area contributed by atoms with Crippen LogP contribution in [0.15, 0.2) is 47.6 Å². The predicted molar refractivity (Wildman–Crippen MR) is 119 cm³/mol. The van der Waals surface area contributed by atoms with Crippen LogP contribution in [0.5, 0.6) is 0 Å². The number of carbonyl (C=O) groups is 2. The second kappa shape index (κ2) is 9.41. The Labute approximate surface area is 179 Å². The Balaban J connectivity index is 1.98. The van der Waals surface area contributed by atoms with Gasteiger partial charge in [-0.3, -0.25) is 14.6 Å². The number of anilines is 1. The van der Waals surface area contributed by atoms with E-state index in [2.05, 4.69) is 10.3 Å². The average Bonchev–Trinajstić information content (AvgIpc) is 3.13. The third-order valence-corrected chi connectivity index (χ3v) is 6.11.